The highest BCUT2D eigenvalue weighted by Crippen LogP contribution is 2.40. The zero-order chi connectivity index (χ0) is 18.5. The molecule has 0 saturated carbocycles. The van der Waals surface area contributed by atoms with Gasteiger partial charge in [0, 0.05) is 37.1 Å². The average molecular weight is 357 g/mol. The van der Waals surface area contributed by atoms with Gasteiger partial charge in [-0.1, -0.05) is 0 Å². The lowest BCUT2D eigenvalue weighted by Crippen LogP contribution is -2.19. The number of benzene rings is 1. The molecule has 0 spiro atoms. The van der Waals surface area contributed by atoms with Crippen molar-refractivity contribution >= 4 is 17.3 Å². The monoisotopic (exact) mass is 357 g/mol. The number of nitrogens with zero attached hydrogens (tertiary/aromatic N) is 2. The Labute approximate surface area is 152 Å². The Hall–Kier alpha value is -2.96. The fourth-order valence-electron chi connectivity index (χ4n) is 3.06. The maximum Gasteiger partial charge on any atom is 0.257 e. The lowest BCUT2D eigenvalue weighted by Gasteiger charge is -2.18. The highest BCUT2D eigenvalue weighted by molar-refractivity contribution is 6.04. The number of carbonyl (C=O) groups excluding carboxylic acids is 1. The van der Waals surface area contributed by atoms with E-state index in [0.717, 1.165) is 18.8 Å². The summed E-state index contributed by atoms with van der Waals surface area (Å²) in [6.07, 6.45) is 5.69. The van der Waals surface area contributed by atoms with Gasteiger partial charge < -0.3 is 24.4 Å². The van der Waals surface area contributed by atoms with Gasteiger partial charge in [0.25, 0.3) is 5.91 Å². The number of carbonyl (C=O) groups is 1. The number of aromatic nitrogens is 1. The van der Waals surface area contributed by atoms with E-state index in [2.05, 4.69) is 15.2 Å². The number of nitrogens with one attached hydrogen (secondary N) is 1. The molecule has 1 amide bonds. The number of amides is 1. The summed E-state index contributed by atoms with van der Waals surface area (Å²) in [4.78, 5) is 19.1. The summed E-state index contributed by atoms with van der Waals surface area (Å²) in [5, 5.41) is 2.86. The Morgan fingerprint density at radius 3 is 2.23 bits per heavy atom. The minimum absolute atomic E-state index is 0.243. The zero-order valence-electron chi connectivity index (χ0n) is 15.2. The summed E-state index contributed by atoms with van der Waals surface area (Å²) in [6.45, 7) is 2.00. The number of pyridine rings is 1. The fraction of sp³-hybridized carbons (Fsp3) is 0.368. The second-order valence-corrected chi connectivity index (χ2v) is 5.99. The van der Waals surface area contributed by atoms with E-state index in [4.69, 9.17) is 14.2 Å². The number of hydrogen-bond donors (Lipinski definition) is 1. The lowest BCUT2D eigenvalue weighted by molar-refractivity contribution is 0.102. The molecule has 1 aliphatic heterocycles. The van der Waals surface area contributed by atoms with Crippen molar-refractivity contribution in [3.05, 3.63) is 36.2 Å². The number of anilines is 2. The third-order valence-electron chi connectivity index (χ3n) is 4.38. The van der Waals surface area contributed by atoms with E-state index in [1.807, 2.05) is 6.07 Å². The van der Waals surface area contributed by atoms with Gasteiger partial charge in [0.15, 0.2) is 11.5 Å². The van der Waals surface area contributed by atoms with Gasteiger partial charge in [0.2, 0.25) is 5.75 Å². The first kappa shape index (κ1) is 17.8. The molecule has 2 heterocycles. The molecule has 0 unspecified atom stereocenters. The molecule has 1 N–H and O–H groups in total. The van der Waals surface area contributed by atoms with Crippen molar-refractivity contribution in [3.8, 4) is 17.2 Å². The smallest absolute Gasteiger partial charge is 0.257 e. The van der Waals surface area contributed by atoms with E-state index in [9.17, 15) is 4.79 Å². The van der Waals surface area contributed by atoms with Crippen LogP contribution in [0, 0.1) is 0 Å². The van der Waals surface area contributed by atoms with Gasteiger partial charge in [-0.25, -0.2) is 0 Å². The van der Waals surface area contributed by atoms with E-state index in [1.54, 1.807) is 24.5 Å². The van der Waals surface area contributed by atoms with E-state index < -0.39 is 0 Å². The molecule has 26 heavy (non-hydrogen) atoms. The van der Waals surface area contributed by atoms with Crippen molar-refractivity contribution in [2.75, 3.05) is 44.6 Å². The maximum atomic E-state index is 12.7. The molecule has 1 fully saturated rings. The molecule has 0 bridgehead atoms. The summed E-state index contributed by atoms with van der Waals surface area (Å²) >= 11 is 0. The predicted octanol–water partition coefficient (Wildman–Crippen LogP) is 2.96. The lowest BCUT2D eigenvalue weighted by atomic mass is 10.2. The van der Waals surface area contributed by atoms with E-state index in [1.165, 1.54) is 34.2 Å². The molecule has 3 rings (SSSR count). The molecule has 1 aliphatic rings. The van der Waals surface area contributed by atoms with Gasteiger partial charge in [-0.05, 0) is 18.9 Å². The first-order valence-corrected chi connectivity index (χ1v) is 8.47. The number of methoxy groups -OCH3 is 3. The summed E-state index contributed by atoms with van der Waals surface area (Å²) in [7, 11) is 4.60. The highest BCUT2D eigenvalue weighted by atomic mass is 16.5. The van der Waals surface area contributed by atoms with Crippen molar-refractivity contribution in [2.45, 2.75) is 12.8 Å². The van der Waals surface area contributed by atoms with Crippen molar-refractivity contribution in [3.63, 3.8) is 0 Å². The summed E-state index contributed by atoms with van der Waals surface area (Å²) in [5.74, 6) is 1.19. The summed E-state index contributed by atoms with van der Waals surface area (Å²) in [5.41, 5.74) is 2.03. The van der Waals surface area contributed by atoms with Gasteiger partial charge >= 0.3 is 0 Å². The number of rotatable bonds is 6. The van der Waals surface area contributed by atoms with Crippen molar-refractivity contribution in [1.82, 2.24) is 4.98 Å². The van der Waals surface area contributed by atoms with Crippen LogP contribution in [0.15, 0.2) is 30.6 Å². The minimum Gasteiger partial charge on any atom is -0.493 e. The SMILES string of the molecule is COc1cc(NC(=O)c2cncc(N3CCCC3)c2)cc(OC)c1OC. The first-order chi connectivity index (χ1) is 12.7. The first-order valence-electron chi connectivity index (χ1n) is 8.47. The summed E-state index contributed by atoms with van der Waals surface area (Å²) < 4.78 is 15.9. The fourth-order valence-corrected chi connectivity index (χ4v) is 3.06. The van der Waals surface area contributed by atoms with Crippen molar-refractivity contribution in [1.29, 1.82) is 0 Å². The van der Waals surface area contributed by atoms with Crippen LogP contribution < -0.4 is 24.4 Å². The normalized spacial score (nSPS) is 13.4. The van der Waals surface area contributed by atoms with Crippen LogP contribution in [0.25, 0.3) is 0 Å². The maximum absolute atomic E-state index is 12.7. The Morgan fingerprint density at radius 2 is 1.65 bits per heavy atom. The van der Waals surface area contributed by atoms with Crippen LogP contribution >= 0.6 is 0 Å². The van der Waals surface area contributed by atoms with Crippen LogP contribution in [0.2, 0.25) is 0 Å². The standard InChI is InChI=1S/C19H23N3O4/c1-24-16-9-14(10-17(25-2)18(16)26-3)21-19(23)13-8-15(12-20-11-13)22-6-4-5-7-22/h8-12H,4-7H2,1-3H3,(H,21,23). The quantitative estimate of drug-likeness (QED) is 0.857. The molecule has 1 saturated heterocycles. The molecule has 1 aromatic heterocycles. The molecule has 2 aromatic rings. The van der Waals surface area contributed by atoms with Gasteiger partial charge in [-0.15, -0.1) is 0 Å². The van der Waals surface area contributed by atoms with Gasteiger partial charge in [-0.2, -0.15) is 0 Å². The van der Waals surface area contributed by atoms with Gasteiger partial charge in [0.05, 0.1) is 38.8 Å². The summed E-state index contributed by atoms with van der Waals surface area (Å²) in [6, 6.07) is 5.25. The third kappa shape index (κ3) is 3.66. The molecule has 0 radical (unpaired) electrons. The molecular formula is C19H23N3O4. The second-order valence-electron chi connectivity index (χ2n) is 5.99. The molecule has 7 heteroatoms. The van der Waals surface area contributed by atoms with Gasteiger partial charge in [0.1, 0.15) is 0 Å². The second kappa shape index (κ2) is 7.95. The van der Waals surface area contributed by atoms with Crippen LogP contribution in [-0.4, -0.2) is 45.3 Å². The minimum atomic E-state index is -0.243. The molecule has 0 aliphatic carbocycles. The van der Waals surface area contributed by atoms with Crippen molar-refractivity contribution < 1.29 is 19.0 Å². The highest BCUT2D eigenvalue weighted by Gasteiger charge is 2.17. The molecule has 138 valence electrons. The average Bonchev–Trinajstić information content (AvgIpc) is 3.22. The van der Waals surface area contributed by atoms with Crippen LogP contribution in [0.1, 0.15) is 23.2 Å². The van der Waals surface area contributed by atoms with Crippen LogP contribution in [0.4, 0.5) is 11.4 Å². The van der Waals surface area contributed by atoms with Crippen LogP contribution in [0.3, 0.4) is 0 Å². The topological polar surface area (TPSA) is 72.9 Å². The Kier molecular flexibility index (Phi) is 5.46. The zero-order valence-corrected chi connectivity index (χ0v) is 15.2. The third-order valence-corrected chi connectivity index (χ3v) is 4.38. The van der Waals surface area contributed by atoms with Crippen LogP contribution in [-0.2, 0) is 0 Å². The van der Waals surface area contributed by atoms with E-state index in [-0.39, 0.29) is 5.91 Å². The Morgan fingerprint density at radius 1 is 1.00 bits per heavy atom. The molecule has 7 nitrogen and oxygen atoms in total. The van der Waals surface area contributed by atoms with Gasteiger partial charge in [-0.3, -0.25) is 9.78 Å². The molecule has 0 atom stereocenters. The Bertz CT molecular complexity index is 763. The predicted molar refractivity (Wildman–Crippen MR) is 99.7 cm³/mol. The largest absolute Gasteiger partial charge is 0.493 e. The molecule has 1 aromatic carbocycles. The van der Waals surface area contributed by atoms with Crippen LogP contribution in [0.5, 0.6) is 17.2 Å². The Balaban J connectivity index is 1.82. The van der Waals surface area contributed by atoms with E-state index >= 15 is 0 Å². The van der Waals surface area contributed by atoms with E-state index in [0.29, 0.717) is 28.5 Å². The number of ether oxygens (including phenoxy) is 3. The number of hydrogen-bond acceptors (Lipinski definition) is 6. The molecular weight excluding hydrogens is 334 g/mol. The van der Waals surface area contributed by atoms with Crippen molar-refractivity contribution in [2.24, 2.45) is 0 Å².